The van der Waals surface area contributed by atoms with Gasteiger partial charge in [0.25, 0.3) is 0 Å². The summed E-state index contributed by atoms with van der Waals surface area (Å²) in [6.07, 6.45) is 3.89. The molecule has 0 aliphatic carbocycles. The van der Waals surface area contributed by atoms with Crippen LogP contribution in [0.25, 0.3) is 0 Å². The number of carbonyl (C=O) groups is 1. The van der Waals surface area contributed by atoms with E-state index in [0.29, 0.717) is 0 Å². The van der Waals surface area contributed by atoms with Gasteiger partial charge in [-0.05, 0) is 39.2 Å². The number of nitrogens with one attached hydrogen (secondary N) is 1. The Morgan fingerprint density at radius 2 is 2.38 bits per heavy atom. The summed E-state index contributed by atoms with van der Waals surface area (Å²) in [6.45, 7) is 6.17. The fourth-order valence-electron chi connectivity index (χ4n) is 3.16. The molecule has 0 saturated carbocycles. The van der Waals surface area contributed by atoms with Gasteiger partial charge in [-0.25, -0.2) is 0 Å². The summed E-state index contributed by atoms with van der Waals surface area (Å²) in [5.74, 6) is -0.665. The molecular formula is C12H22N2O2. The maximum atomic E-state index is 11.6. The highest BCUT2D eigenvalue weighted by Crippen LogP contribution is 2.36. The van der Waals surface area contributed by atoms with Crippen molar-refractivity contribution in [1.29, 1.82) is 0 Å². The van der Waals surface area contributed by atoms with Crippen LogP contribution in [0.3, 0.4) is 0 Å². The molecule has 2 N–H and O–H groups in total. The molecule has 0 spiro atoms. The first-order chi connectivity index (χ1) is 7.60. The SMILES string of the molecule is CCC(C)NC1(C(=O)O)CCN2CCCC21. The van der Waals surface area contributed by atoms with Crippen LogP contribution >= 0.6 is 0 Å². The van der Waals surface area contributed by atoms with E-state index in [4.69, 9.17) is 0 Å². The Kier molecular flexibility index (Phi) is 3.22. The fourth-order valence-corrected chi connectivity index (χ4v) is 3.16. The van der Waals surface area contributed by atoms with E-state index >= 15 is 0 Å². The highest BCUT2D eigenvalue weighted by atomic mass is 16.4. The van der Waals surface area contributed by atoms with E-state index in [2.05, 4.69) is 24.1 Å². The predicted molar refractivity (Wildman–Crippen MR) is 62.5 cm³/mol. The van der Waals surface area contributed by atoms with E-state index in [1.54, 1.807) is 0 Å². The molecule has 4 nitrogen and oxygen atoms in total. The second-order valence-corrected chi connectivity index (χ2v) is 5.17. The molecule has 2 aliphatic heterocycles. The van der Waals surface area contributed by atoms with Crippen molar-refractivity contribution in [3.8, 4) is 0 Å². The van der Waals surface area contributed by atoms with Crippen molar-refractivity contribution in [3.05, 3.63) is 0 Å². The zero-order chi connectivity index (χ0) is 11.8. The van der Waals surface area contributed by atoms with Crippen LogP contribution in [0.5, 0.6) is 0 Å². The summed E-state index contributed by atoms with van der Waals surface area (Å²) >= 11 is 0. The smallest absolute Gasteiger partial charge is 0.325 e. The Balaban J connectivity index is 2.19. The van der Waals surface area contributed by atoms with Crippen molar-refractivity contribution in [2.45, 2.75) is 57.2 Å². The largest absolute Gasteiger partial charge is 0.480 e. The number of hydrogen-bond donors (Lipinski definition) is 2. The average Bonchev–Trinajstić information content (AvgIpc) is 2.81. The van der Waals surface area contributed by atoms with Crippen molar-refractivity contribution in [2.24, 2.45) is 0 Å². The van der Waals surface area contributed by atoms with Gasteiger partial charge in [-0.15, -0.1) is 0 Å². The number of carboxylic acids is 1. The molecule has 0 aromatic rings. The van der Waals surface area contributed by atoms with E-state index < -0.39 is 11.5 Å². The molecule has 16 heavy (non-hydrogen) atoms. The molecule has 2 fully saturated rings. The summed E-state index contributed by atoms with van der Waals surface area (Å²) < 4.78 is 0. The number of carboxylic acid groups (broad SMARTS) is 1. The van der Waals surface area contributed by atoms with Crippen molar-refractivity contribution in [2.75, 3.05) is 13.1 Å². The van der Waals surface area contributed by atoms with Crippen LogP contribution in [0.15, 0.2) is 0 Å². The monoisotopic (exact) mass is 226 g/mol. The standard InChI is InChI=1S/C12H22N2O2/c1-3-9(2)13-12(11(15)16)6-8-14-7-4-5-10(12)14/h9-10,13H,3-8H2,1-2H3,(H,15,16). The normalized spacial score (nSPS) is 36.2. The highest BCUT2D eigenvalue weighted by Gasteiger charge is 2.54. The van der Waals surface area contributed by atoms with Crippen LogP contribution in [0.1, 0.15) is 39.5 Å². The van der Waals surface area contributed by atoms with Gasteiger partial charge in [0.2, 0.25) is 0 Å². The number of hydrogen-bond acceptors (Lipinski definition) is 3. The second kappa shape index (κ2) is 4.34. The zero-order valence-corrected chi connectivity index (χ0v) is 10.2. The third-order valence-corrected chi connectivity index (χ3v) is 4.22. The lowest BCUT2D eigenvalue weighted by atomic mass is 9.87. The number of rotatable bonds is 4. The van der Waals surface area contributed by atoms with Crippen LogP contribution in [0, 0.1) is 0 Å². The van der Waals surface area contributed by atoms with Gasteiger partial charge in [0, 0.05) is 18.6 Å². The Morgan fingerprint density at radius 3 is 3.00 bits per heavy atom. The molecule has 4 heteroatoms. The van der Waals surface area contributed by atoms with Gasteiger partial charge in [0.15, 0.2) is 0 Å². The summed E-state index contributed by atoms with van der Waals surface area (Å²) in [7, 11) is 0. The van der Waals surface area contributed by atoms with Crippen LogP contribution in [-0.4, -0.2) is 46.7 Å². The fraction of sp³-hybridized carbons (Fsp3) is 0.917. The summed E-state index contributed by atoms with van der Waals surface area (Å²) in [6, 6.07) is 0.482. The van der Waals surface area contributed by atoms with Gasteiger partial charge in [-0.1, -0.05) is 6.92 Å². The van der Waals surface area contributed by atoms with Crippen molar-refractivity contribution in [1.82, 2.24) is 10.2 Å². The van der Waals surface area contributed by atoms with E-state index in [9.17, 15) is 9.90 Å². The molecule has 0 aromatic carbocycles. The minimum atomic E-state index is -0.689. The Bertz CT molecular complexity index is 282. The van der Waals surface area contributed by atoms with Crippen LogP contribution in [0.4, 0.5) is 0 Å². The van der Waals surface area contributed by atoms with E-state index in [1.807, 2.05) is 0 Å². The minimum Gasteiger partial charge on any atom is -0.480 e. The quantitative estimate of drug-likeness (QED) is 0.753. The summed E-state index contributed by atoms with van der Waals surface area (Å²) in [5, 5.41) is 12.9. The summed E-state index contributed by atoms with van der Waals surface area (Å²) in [5.41, 5.74) is -0.689. The lowest BCUT2D eigenvalue weighted by Gasteiger charge is -2.34. The van der Waals surface area contributed by atoms with Crippen LogP contribution in [0.2, 0.25) is 0 Å². The van der Waals surface area contributed by atoms with Gasteiger partial charge >= 0.3 is 5.97 Å². The maximum absolute atomic E-state index is 11.6. The molecule has 2 heterocycles. The molecule has 3 unspecified atom stereocenters. The summed E-state index contributed by atoms with van der Waals surface area (Å²) in [4.78, 5) is 14.0. The van der Waals surface area contributed by atoms with E-state index in [-0.39, 0.29) is 12.1 Å². The van der Waals surface area contributed by atoms with Crippen LogP contribution < -0.4 is 5.32 Å². The Morgan fingerprint density at radius 1 is 1.62 bits per heavy atom. The average molecular weight is 226 g/mol. The topological polar surface area (TPSA) is 52.6 Å². The minimum absolute atomic E-state index is 0.207. The van der Waals surface area contributed by atoms with Gasteiger partial charge in [-0.3, -0.25) is 15.0 Å². The molecule has 0 bridgehead atoms. The van der Waals surface area contributed by atoms with Gasteiger partial charge in [0.05, 0.1) is 0 Å². The molecule has 2 aliphatic rings. The third kappa shape index (κ3) is 1.74. The molecule has 92 valence electrons. The zero-order valence-electron chi connectivity index (χ0n) is 10.2. The van der Waals surface area contributed by atoms with Gasteiger partial charge in [0.1, 0.15) is 5.54 Å². The second-order valence-electron chi connectivity index (χ2n) is 5.17. The van der Waals surface area contributed by atoms with Gasteiger partial charge in [-0.2, -0.15) is 0 Å². The molecule has 0 aromatic heterocycles. The molecule has 2 rings (SSSR count). The first kappa shape index (κ1) is 11.9. The number of fused-ring (bicyclic) bond motifs is 1. The van der Waals surface area contributed by atoms with Gasteiger partial charge < -0.3 is 5.11 Å². The van der Waals surface area contributed by atoms with Crippen molar-refractivity contribution >= 4 is 5.97 Å². The van der Waals surface area contributed by atoms with Crippen molar-refractivity contribution < 1.29 is 9.90 Å². The molecule has 0 amide bonds. The third-order valence-electron chi connectivity index (χ3n) is 4.22. The lowest BCUT2D eigenvalue weighted by Crippen LogP contribution is -2.61. The Labute approximate surface area is 97.0 Å². The molecule has 3 atom stereocenters. The Hall–Kier alpha value is -0.610. The van der Waals surface area contributed by atoms with E-state index in [1.165, 1.54) is 0 Å². The number of nitrogens with zero attached hydrogens (tertiary/aromatic N) is 1. The number of aliphatic carboxylic acids is 1. The van der Waals surface area contributed by atoms with Crippen LogP contribution in [-0.2, 0) is 4.79 Å². The maximum Gasteiger partial charge on any atom is 0.325 e. The predicted octanol–water partition coefficient (Wildman–Crippen LogP) is 1.07. The van der Waals surface area contributed by atoms with E-state index in [0.717, 1.165) is 38.8 Å². The molecular weight excluding hydrogens is 204 g/mol. The lowest BCUT2D eigenvalue weighted by molar-refractivity contribution is -0.146. The molecule has 2 saturated heterocycles. The molecule has 0 radical (unpaired) electrons. The first-order valence-corrected chi connectivity index (χ1v) is 6.35. The first-order valence-electron chi connectivity index (χ1n) is 6.35. The highest BCUT2D eigenvalue weighted by molar-refractivity contribution is 5.80. The van der Waals surface area contributed by atoms with Crippen molar-refractivity contribution in [3.63, 3.8) is 0 Å².